The van der Waals surface area contributed by atoms with Crippen molar-refractivity contribution >= 4 is 47.4 Å². The predicted molar refractivity (Wildman–Crippen MR) is 65.5 cm³/mol. The third-order valence-corrected chi connectivity index (χ3v) is 3.66. The Bertz CT molecular complexity index is 368. The molecule has 0 aliphatic heterocycles. The van der Waals surface area contributed by atoms with Crippen LogP contribution in [0.15, 0.2) is 5.03 Å². The first-order valence-corrected chi connectivity index (χ1v) is 6.22. The molecule has 0 unspecified atom stereocenters. The second-order valence-electron chi connectivity index (χ2n) is 3.61. The van der Waals surface area contributed by atoms with E-state index < -0.39 is 3.92 Å². The summed E-state index contributed by atoms with van der Waals surface area (Å²) in [6, 6.07) is 0. The number of nitrogens with zero attached hydrogens (tertiary/aromatic N) is 1. The van der Waals surface area contributed by atoms with Crippen LogP contribution in [0.2, 0.25) is 0 Å². The second-order valence-corrected chi connectivity index (χ2v) is 6.26. The van der Waals surface area contributed by atoms with Gasteiger partial charge in [-0.05, 0) is 31.2 Å². The van der Waals surface area contributed by atoms with Crippen LogP contribution in [0.4, 0.5) is 0 Å². The second kappa shape index (κ2) is 3.95. The Balaban J connectivity index is 2.62. The lowest BCUT2D eigenvalue weighted by Crippen LogP contribution is -2.12. The fourth-order valence-corrected chi connectivity index (χ4v) is 3.17. The minimum atomic E-state index is -1.68. The number of rotatable bonds is 0. The van der Waals surface area contributed by atoms with Crippen molar-refractivity contribution in [3.8, 4) is 5.88 Å². The molecule has 0 radical (unpaired) electrons. The van der Waals surface area contributed by atoms with Crippen molar-refractivity contribution in [3.05, 3.63) is 11.1 Å². The van der Waals surface area contributed by atoms with Gasteiger partial charge in [0.2, 0.25) is 0 Å². The molecule has 0 fully saturated rings. The van der Waals surface area contributed by atoms with Gasteiger partial charge in [-0.25, -0.2) is 0 Å². The van der Waals surface area contributed by atoms with Crippen LogP contribution in [-0.4, -0.2) is 9.67 Å². The Morgan fingerprint density at radius 3 is 2.13 bits per heavy atom. The van der Waals surface area contributed by atoms with Gasteiger partial charge in [0.25, 0.3) is 3.92 Å². The molecule has 0 aromatic carbocycles. The Morgan fingerprint density at radius 1 is 1.13 bits per heavy atom. The number of fused-ring (bicyclic) bond motifs is 1. The first kappa shape index (κ1) is 11.8. The van der Waals surface area contributed by atoms with E-state index in [0.29, 0.717) is 5.03 Å². The third kappa shape index (κ3) is 1.95. The molecule has 2 nitrogen and oxygen atoms in total. The van der Waals surface area contributed by atoms with Gasteiger partial charge in [0, 0.05) is 5.56 Å². The number of hydrogen-bond donors (Lipinski definition) is 2. The summed E-state index contributed by atoms with van der Waals surface area (Å²) in [6.07, 6.45) is 3.85. The Labute approximate surface area is 109 Å². The van der Waals surface area contributed by atoms with Crippen molar-refractivity contribution in [1.29, 1.82) is 0 Å². The summed E-state index contributed by atoms with van der Waals surface area (Å²) < 4.78 is -0.435. The highest BCUT2D eigenvalue weighted by molar-refractivity contribution is 7.80. The number of aromatic hydroxyl groups is 1. The van der Waals surface area contributed by atoms with E-state index in [-0.39, 0.29) is 5.88 Å². The molecule has 1 aromatic heterocycles. The maximum Gasteiger partial charge on any atom is 0.275 e. The molecular formula is C9H10Cl3NOS. The van der Waals surface area contributed by atoms with Gasteiger partial charge in [-0.1, -0.05) is 34.8 Å². The van der Waals surface area contributed by atoms with Gasteiger partial charge < -0.3 is 5.11 Å². The van der Waals surface area contributed by atoms with Gasteiger partial charge in [0.1, 0.15) is 0 Å². The molecule has 1 N–H and O–H groups in total. The topological polar surface area (TPSA) is 25.2 Å². The van der Waals surface area contributed by atoms with E-state index in [9.17, 15) is 5.11 Å². The zero-order chi connectivity index (χ0) is 11.2. The maximum atomic E-state index is 9.95. The number of thiol groups is 1. The quantitative estimate of drug-likeness (QED) is 0.552. The van der Waals surface area contributed by atoms with Gasteiger partial charge in [0.15, 0.2) is 5.88 Å². The zero-order valence-corrected chi connectivity index (χ0v) is 11.0. The normalized spacial score (nSPS) is 16.5. The maximum absolute atomic E-state index is 9.95. The molecular weight excluding hydrogens is 277 g/mol. The SMILES string of the molecule is Oc1c2c(c(S)n1C(Cl)(Cl)Cl)CCCC2. The van der Waals surface area contributed by atoms with E-state index in [1.165, 1.54) is 4.57 Å². The number of alkyl halides is 3. The molecule has 84 valence electrons. The summed E-state index contributed by atoms with van der Waals surface area (Å²) in [5.74, 6) is 0.0368. The van der Waals surface area contributed by atoms with Gasteiger partial charge in [0.05, 0.1) is 5.03 Å². The van der Waals surface area contributed by atoms with Crippen molar-refractivity contribution in [2.45, 2.75) is 34.6 Å². The van der Waals surface area contributed by atoms with Gasteiger partial charge >= 0.3 is 0 Å². The third-order valence-electron chi connectivity index (χ3n) is 2.68. The molecule has 1 aromatic rings. The van der Waals surface area contributed by atoms with Crippen LogP contribution in [0.1, 0.15) is 24.0 Å². The van der Waals surface area contributed by atoms with E-state index in [1.54, 1.807) is 0 Å². The summed E-state index contributed by atoms with van der Waals surface area (Å²) in [4.78, 5) is 0. The number of hydrogen-bond acceptors (Lipinski definition) is 2. The van der Waals surface area contributed by atoms with Crippen LogP contribution in [-0.2, 0) is 16.8 Å². The Kier molecular flexibility index (Phi) is 3.10. The van der Waals surface area contributed by atoms with Crippen LogP contribution >= 0.6 is 47.4 Å². The molecule has 0 saturated carbocycles. The molecule has 6 heteroatoms. The average Bonchev–Trinajstić information content (AvgIpc) is 2.39. The Hall–Kier alpha value is 0.300. The van der Waals surface area contributed by atoms with Crippen LogP contribution in [0, 0.1) is 0 Å². The molecule has 15 heavy (non-hydrogen) atoms. The van der Waals surface area contributed by atoms with Gasteiger partial charge in [-0.3, -0.25) is 4.57 Å². The van der Waals surface area contributed by atoms with E-state index in [4.69, 9.17) is 34.8 Å². The summed E-state index contributed by atoms with van der Waals surface area (Å²) in [5, 5.41) is 10.5. The largest absolute Gasteiger partial charge is 0.494 e. The number of halogens is 3. The standard InChI is InChI=1S/C9H10Cl3NOS/c10-9(11,12)13-7(14)5-3-1-2-4-6(5)8(13)15/h14-15H,1-4H2. The van der Waals surface area contributed by atoms with Crippen molar-refractivity contribution in [2.24, 2.45) is 0 Å². The molecule has 0 atom stereocenters. The fourth-order valence-electron chi connectivity index (χ4n) is 2.01. The van der Waals surface area contributed by atoms with Crippen LogP contribution < -0.4 is 0 Å². The molecule has 0 spiro atoms. The van der Waals surface area contributed by atoms with Crippen LogP contribution in [0.5, 0.6) is 5.88 Å². The van der Waals surface area contributed by atoms with Crippen LogP contribution in [0.25, 0.3) is 0 Å². The van der Waals surface area contributed by atoms with Crippen molar-refractivity contribution < 1.29 is 5.11 Å². The molecule has 0 amide bonds. The summed E-state index contributed by atoms with van der Waals surface area (Å²) in [7, 11) is 0. The molecule has 1 aliphatic carbocycles. The average molecular weight is 287 g/mol. The first-order valence-electron chi connectivity index (χ1n) is 4.64. The van der Waals surface area contributed by atoms with Crippen LogP contribution in [0.3, 0.4) is 0 Å². The first-order chi connectivity index (χ1) is 6.93. The summed E-state index contributed by atoms with van der Waals surface area (Å²) in [5.41, 5.74) is 1.88. The van der Waals surface area contributed by atoms with E-state index in [0.717, 1.165) is 36.8 Å². The number of aromatic nitrogens is 1. The van der Waals surface area contributed by atoms with E-state index >= 15 is 0 Å². The predicted octanol–water partition coefficient (Wildman–Crippen LogP) is 3.65. The lowest BCUT2D eigenvalue weighted by atomic mass is 9.95. The lowest BCUT2D eigenvalue weighted by molar-refractivity contribution is 0.407. The van der Waals surface area contributed by atoms with Gasteiger partial charge in [-0.2, -0.15) is 0 Å². The highest BCUT2D eigenvalue weighted by atomic mass is 35.6. The Morgan fingerprint density at radius 2 is 1.67 bits per heavy atom. The van der Waals surface area contributed by atoms with Crippen molar-refractivity contribution in [2.75, 3.05) is 0 Å². The molecule has 2 rings (SSSR count). The van der Waals surface area contributed by atoms with E-state index in [1.807, 2.05) is 0 Å². The van der Waals surface area contributed by atoms with E-state index in [2.05, 4.69) is 12.6 Å². The monoisotopic (exact) mass is 285 g/mol. The summed E-state index contributed by atoms with van der Waals surface area (Å²) >= 11 is 21.6. The summed E-state index contributed by atoms with van der Waals surface area (Å²) in [6.45, 7) is 0. The highest BCUT2D eigenvalue weighted by Crippen LogP contribution is 2.45. The van der Waals surface area contributed by atoms with Crippen molar-refractivity contribution in [1.82, 2.24) is 4.57 Å². The molecule has 0 saturated heterocycles. The molecule has 1 heterocycles. The fraction of sp³-hybridized carbons (Fsp3) is 0.556. The minimum Gasteiger partial charge on any atom is -0.494 e. The zero-order valence-electron chi connectivity index (χ0n) is 7.80. The smallest absolute Gasteiger partial charge is 0.275 e. The minimum absolute atomic E-state index is 0.0368. The highest BCUT2D eigenvalue weighted by Gasteiger charge is 2.33. The molecule has 1 aliphatic rings. The lowest BCUT2D eigenvalue weighted by Gasteiger charge is -2.16. The van der Waals surface area contributed by atoms with Crippen molar-refractivity contribution in [3.63, 3.8) is 0 Å². The van der Waals surface area contributed by atoms with Gasteiger partial charge in [-0.15, -0.1) is 12.6 Å². The molecule has 0 bridgehead atoms.